The van der Waals surface area contributed by atoms with Gasteiger partial charge in [0.15, 0.2) is 5.13 Å². The predicted octanol–water partition coefficient (Wildman–Crippen LogP) is 6.37. The largest absolute Gasteiger partial charge is 0.422 e. The van der Waals surface area contributed by atoms with Crippen LogP contribution < -0.4 is 10.1 Å². The lowest BCUT2D eigenvalue weighted by atomic mass is 9.90. The van der Waals surface area contributed by atoms with Crippen LogP contribution in [0.15, 0.2) is 72.8 Å². The molecule has 0 atom stereocenters. The van der Waals surface area contributed by atoms with Crippen molar-refractivity contribution in [1.29, 1.82) is 0 Å². The van der Waals surface area contributed by atoms with Gasteiger partial charge in [0.25, 0.3) is 0 Å². The molecule has 0 saturated heterocycles. The van der Waals surface area contributed by atoms with Crippen LogP contribution in [0, 0.1) is 27.7 Å². The normalized spacial score (nSPS) is 10.9. The Balaban J connectivity index is 1.57. The van der Waals surface area contributed by atoms with E-state index in [4.69, 9.17) is 4.74 Å². The maximum Gasteiger partial charge on any atom is 0.355 e. The lowest BCUT2D eigenvalue weighted by Gasteiger charge is -2.17. The van der Waals surface area contributed by atoms with Crippen LogP contribution in [0.25, 0.3) is 0 Å². The fraction of sp³-hybridized carbons (Fsp3) is 0.179. The summed E-state index contributed by atoms with van der Waals surface area (Å²) in [6.07, 6.45) is 0. The fourth-order valence-corrected chi connectivity index (χ4v) is 4.92. The van der Waals surface area contributed by atoms with E-state index in [0.29, 0.717) is 21.5 Å². The molecule has 1 amide bonds. The number of nitrogens with one attached hydrogen (secondary N) is 1. The number of carbonyl (C=O) groups excluding carboxylic acids is 2. The zero-order chi connectivity index (χ0) is 24.2. The van der Waals surface area contributed by atoms with Crippen LogP contribution in [0.5, 0.6) is 5.75 Å². The van der Waals surface area contributed by atoms with E-state index >= 15 is 0 Å². The Morgan fingerprint density at radius 3 is 1.91 bits per heavy atom. The molecule has 0 radical (unpaired) electrons. The van der Waals surface area contributed by atoms with Crippen LogP contribution in [0.1, 0.15) is 49.1 Å². The molecule has 3 aromatic carbocycles. The van der Waals surface area contributed by atoms with Gasteiger partial charge in [0.05, 0.1) is 11.6 Å². The third kappa shape index (κ3) is 5.07. The van der Waals surface area contributed by atoms with Crippen LogP contribution in [0.3, 0.4) is 0 Å². The lowest BCUT2D eigenvalue weighted by Crippen LogP contribution is -2.22. The van der Waals surface area contributed by atoms with E-state index in [2.05, 4.69) is 10.3 Å². The van der Waals surface area contributed by atoms with E-state index < -0.39 is 11.9 Å². The maximum absolute atomic E-state index is 13.4. The van der Waals surface area contributed by atoms with Gasteiger partial charge in [-0.15, -0.1) is 0 Å². The van der Waals surface area contributed by atoms with Gasteiger partial charge in [-0.3, -0.25) is 4.79 Å². The second-order valence-corrected chi connectivity index (χ2v) is 9.29. The lowest BCUT2D eigenvalue weighted by molar-refractivity contribution is -0.116. The molecule has 0 spiro atoms. The molecule has 0 aliphatic heterocycles. The highest BCUT2D eigenvalue weighted by Gasteiger charge is 2.25. The number of hydrogen-bond donors (Lipinski definition) is 1. The molecule has 4 rings (SSSR count). The van der Waals surface area contributed by atoms with Crippen LogP contribution >= 0.6 is 11.3 Å². The van der Waals surface area contributed by atoms with Crippen LogP contribution in [-0.2, 0) is 4.79 Å². The molecule has 1 aromatic heterocycles. The van der Waals surface area contributed by atoms with E-state index in [1.807, 2.05) is 93.6 Å². The number of amides is 1. The smallest absolute Gasteiger partial charge is 0.355 e. The quantitative estimate of drug-likeness (QED) is 0.263. The molecule has 4 aromatic rings. The first-order valence-corrected chi connectivity index (χ1v) is 11.8. The monoisotopic (exact) mass is 470 g/mol. The van der Waals surface area contributed by atoms with Crippen molar-refractivity contribution < 1.29 is 14.3 Å². The Hall–Kier alpha value is -3.77. The Labute approximate surface area is 203 Å². The Bertz CT molecular complexity index is 1270. The number of rotatable bonds is 6. The third-order valence-electron chi connectivity index (χ3n) is 5.54. The fourth-order valence-electron chi connectivity index (χ4n) is 4.07. The third-order valence-corrected chi connectivity index (χ3v) is 6.59. The van der Waals surface area contributed by atoms with Crippen molar-refractivity contribution in [2.45, 2.75) is 33.6 Å². The van der Waals surface area contributed by atoms with Crippen molar-refractivity contribution in [3.8, 4) is 5.75 Å². The average molecular weight is 471 g/mol. The molecule has 34 heavy (non-hydrogen) atoms. The molecule has 5 nitrogen and oxygen atoms in total. The number of benzene rings is 3. The number of aromatic nitrogens is 1. The zero-order valence-electron chi connectivity index (χ0n) is 19.6. The van der Waals surface area contributed by atoms with Gasteiger partial charge in [-0.2, -0.15) is 0 Å². The molecule has 0 unspecified atom stereocenters. The summed E-state index contributed by atoms with van der Waals surface area (Å²) in [4.78, 5) is 31.1. The number of hydrogen-bond acceptors (Lipinski definition) is 5. The maximum atomic E-state index is 13.4. The standard InChI is InChI=1S/C28H26N2O3S/c1-17-15-18(2)24(19(3)16-17)33-27(32)25-20(4)29-28(34-25)30-26(31)23(21-11-7-5-8-12-21)22-13-9-6-10-14-22/h5-16,23H,1-4H3,(H,29,30,31). The molecular weight excluding hydrogens is 444 g/mol. The van der Waals surface area contributed by atoms with Crippen molar-refractivity contribution in [3.05, 3.63) is 111 Å². The van der Waals surface area contributed by atoms with Crippen LogP contribution in [-0.4, -0.2) is 16.9 Å². The topological polar surface area (TPSA) is 68.3 Å². The highest BCUT2D eigenvalue weighted by atomic mass is 32.1. The summed E-state index contributed by atoms with van der Waals surface area (Å²) in [5.74, 6) is -0.633. The zero-order valence-corrected chi connectivity index (χ0v) is 20.4. The highest BCUT2D eigenvalue weighted by Crippen LogP contribution is 2.31. The number of carbonyl (C=O) groups is 2. The summed E-state index contributed by atoms with van der Waals surface area (Å²) in [5.41, 5.74) is 5.18. The van der Waals surface area contributed by atoms with E-state index in [1.54, 1.807) is 6.92 Å². The van der Waals surface area contributed by atoms with Gasteiger partial charge in [0.1, 0.15) is 10.6 Å². The summed E-state index contributed by atoms with van der Waals surface area (Å²) in [7, 11) is 0. The van der Waals surface area contributed by atoms with E-state index in [1.165, 1.54) is 0 Å². The molecule has 1 N–H and O–H groups in total. The van der Waals surface area contributed by atoms with E-state index in [9.17, 15) is 9.59 Å². The minimum absolute atomic E-state index is 0.212. The summed E-state index contributed by atoms with van der Waals surface area (Å²) in [6, 6.07) is 23.2. The molecule has 0 bridgehead atoms. The number of anilines is 1. The Kier molecular flexibility index (Phi) is 6.89. The molecular formula is C28H26N2O3S. The molecule has 0 saturated carbocycles. The first-order valence-electron chi connectivity index (χ1n) is 11.0. The van der Waals surface area contributed by atoms with Crippen molar-refractivity contribution in [1.82, 2.24) is 4.98 Å². The summed E-state index contributed by atoms with van der Waals surface area (Å²) < 4.78 is 5.72. The number of aryl methyl sites for hydroxylation is 4. The predicted molar refractivity (Wildman–Crippen MR) is 136 cm³/mol. The van der Waals surface area contributed by atoms with E-state index in [0.717, 1.165) is 39.2 Å². The number of nitrogens with zero attached hydrogens (tertiary/aromatic N) is 1. The van der Waals surface area contributed by atoms with Gasteiger partial charge in [0.2, 0.25) is 5.91 Å². The Morgan fingerprint density at radius 2 is 1.38 bits per heavy atom. The second-order valence-electron chi connectivity index (χ2n) is 8.29. The highest BCUT2D eigenvalue weighted by molar-refractivity contribution is 7.17. The molecule has 6 heteroatoms. The second kappa shape index (κ2) is 10.0. The summed E-state index contributed by atoms with van der Waals surface area (Å²) in [5, 5.41) is 3.27. The first kappa shape index (κ1) is 23.4. The van der Waals surface area contributed by atoms with Crippen molar-refractivity contribution >= 4 is 28.3 Å². The molecule has 0 aliphatic rings. The SMILES string of the molecule is Cc1cc(C)c(OC(=O)c2sc(NC(=O)C(c3ccccc3)c3ccccc3)nc2C)c(C)c1. The number of esters is 1. The van der Waals surface area contributed by atoms with Crippen molar-refractivity contribution in [2.75, 3.05) is 5.32 Å². The van der Waals surface area contributed by atoms with Gasteiger partial charge >= 0.3 is 5.97 Å². The van der Waals surface area contributed by atoms with Gasteiger partial charge in [-0.25, -0.2) is 9.78 Å². The van der Waals surface area contributed by atoms with Crippen molar-refractivity contribution in [3.63, 3.8) is 0 Å². The number of ether oxygens (including phenoxy) is 1. The van der Waals surface area contributed by atoms with Crippen LogP contribution in [0.2, 0.25) is 0 Å². The van der Waals surface area contributed by atoms with Crippen LogP contribution in [0.4, 0.5) is 5.13 Å². The molecule has 172 valence electrons. The van der Waals surface area contributed by atoms with E-state index in [-0.39, 0.29) is 5.91 Å². The van der Waals surface area contributed by atoms with Gasteiger partial charge in [0, 0.05) is 0 Å². The number of thiazole rings is 1. The molecule has 0 fully saturated rings. The summed E-state index contributed by atoms with van der Waals surface area (Å²) in [6.45, 7) is 7.58. The minimum Gasteiger partial charge on any atom is -0.422 e. The average Bonchev–Trinajstić information content (AvgIpc) is 3.17. The minimum atomic E-state index is -0.500. The molecule has 1 heterocycles. The van der Waals surface area contributed by atoms with Gasteiger partial charge in [-0.05, 0) is 49.9 Å². The summed E-state index contributed by atoms with van der Waals surface area (Å²) >= 11 is 1.12. The first-order chi connectivity index (χ1) is 16.3. The Morgan fingerprint density at radius 1 is 0.853 bits per heavy atom. The van der Waals surface area contributed by atoms with Gasteiger partial charge < -0.3 is 10.1 Å². The van der Waals surface area contributed by atoms with Crippen molar-refractivity contribution in [2.24, 2.45) is 0 Å². The molecule has 0 aliphatic carbocycles. The van der Waals surface area contributed by atoms with Gasteiger partial charge in [-0.1, -0.05) is 89.7 Å².